The minimum atomic E-state index is -0.226. The maximum absolute atomic E-state index is 12.1. The number of nitrogens with one attached hydrogen (secondary N) is 1. The number of hydrogen-bond donors (Lipinski definition) is 1. The minimum absolute atomic E-state index is 0.226. The van der Waals surface area contributed by atoms with E-state index in [4.69, 9.17) is 0 Å². The van der Waals surface area contributed by atoms with Crippen LogP contribution in [0.25, 0.3) is 0 Å². The van der Waals surface area contributed by atoms with Crippen LogP contribution in [-0.2, 0) is 13.1 Å². The molecular formula is C17H24N6O. The lowest BCUT2D eigenvalue weighted by atomic mass is 10.2. The Labute approximate surface area is 142 Å². The smallest absolute Gasteiger partial charge is 0.273 e. The van der Waals surface area contributed by atoms with Crippen LogP contribution < -0.4 is 5.32 Å². The topological polar surface area (TPSA) is 75.9 Å². The highest BCUT2D eigenvalue weighted by atomic mass is 16.2. The van der Waals surface area contributed by atoms with E-state index >= 15 is 0 Å². The fourth-order valence-corrected chi connectivity index (χ4v) is 2.15. The summed E-state index contributed by atoms with van der Waals surface area (Å²) in [5.74, 6) is -0.226. The van der Waals surface area contributed by atoms with Crippen LogP contribution in [-0.4, -0.2) is 50.9 Å². The van der Waals surface area contributed by atoms with Gasteiger partial charge in [0.15, 0.2) is 5.69 Å². The van der Waals surface area contributed by atoms with Gasteiger partial charge in [0.25, 0.3) is 5.91 Å². The van der Waals surface area contributed by atoms with Crippen molar-refractivity contribution < 1.29 is 4.79 Å². The number of carbonyl (C=O) groups is 1. The van der Waals surface area contributed by atoms with Gasteiger partial charge in [-0.25, -0.2) is 0 Å². The van der Waals surface area contributed by atoms with E-state index < -0.39 is 0 Å². The predicted molar refractivity (Wildman–Crippen MR) is 92.4 cm³/mol. The highest BCUT2D eigenvalue weighted by molar-refractivity contribution is 5.91. The second-order valence-corrected chi connectivity index (χ2v) is 5.78. The van der Waals surface area contributed by atoms with Crippen LogP contribution in [0, 0.1) is 0 Å². The lowest BCUT2D eigenvalue weighted by Gasteiger charge is -2.16. The summed E-state index contributed by atoms with van der Waals surface area (Å²) in [7, 11) is 2.06. The lowest BCUT2D eigenvalue weighted by Crippen LogP contribution is -2.25. The molecule has 1 amide bonds. The molecule has 0 aliphatic carbocycles. The van der Waals surface area contributed by atoms with Gasteiger partial charge in [-0.2, -0.15) is 0 Å². The largest absolute Gasteiger partial charge is 0.347 e. The fourth-order valence-electron chi connectivity index (χ4n) is 2.15. The SMILES string of the molecule is CC=C(C)CN(C)CCn1cc(C(=O)NCc2ccncc2)nn1. The molecule has 7 heteroatoms. The molecule has 0 spiro atoms. The summed E-state index contributed by atoms with van der Waals surface area (Å²) in [6.07, 6.45) is 7.18. The number of rotatable bonds is 8. The first-order valence-electron chi connectivity index (χ1n) is 7.96. The van der Waals surface area contributed by atoms with Gasteiger partial charge < -0.3 is 10.2 Å². The number of carbonyl (C=O) groups excluding carboxylic acids is 1. The molecule has 0 atom stereocenters. The molecule has 2 aromatic heterocycles. The van der Waals surface area contributed by atoms with Crippen molar-refractivity contribution in [2.45, 2.75) is 26.9 Å². The van der Waals surface area contributed by atoms with Gasteiger partial charge in [-0.15, -0.1) is 5.10 Å². The summed E-state index contributed by atoms with van der Waals surface area (Å²) in [4.78, 5) is 18.2. The summed E-state index contributed by atoms with van der Waals surface area (Å²) < 4.78 is 1.70. The molecule has 1 N–H and O–H groups in total. The van der Waals surface area contributed by atoms with E-state index in [1.165, 1.54) is 5.57 Å². The predicted octanol–water partition coefficient (Wildman–Crippen LogP) is 1.50. The van der Waals surface area contributed by atoms with E-state index in [-0.39, 0.29) is 5.91 Å². The molecule has 0 unspecified atom stereocenters. The van der Waals surface area contributed by atoms with Gasteiger partial charge in [-0.3, -0.25) is 14.5 Å². The molecule has 0 saturated carbocycles. The van der Waals surface area contributed by atoms with Gasteiger partial charge >= 0.3 is 0 Å². The average Bonchev–Trinajstić information content (AvgIpc) is 3.08. The van der Waals surface area contributed by atoms with Gasteiger partial charge in [0.2, 0.25) is 0 Å². The molecule has 0 bridgehead atoms. The number of amides is 1. The first-order chi connectivity index (χ1) is 11.6. The fraction of sp³-hybridized carbons (Fsp3) is 0.412. The van der Waals surface area contributed by atoms with Crippen molar-refractivity contribution in [2.24, 2.45) is 0 Å². The molecule has 0 aromatic carbocycles. The monoisotopic (exact) mass is 328 g/mol. The van der Waals surface area contributed by atoms with E-state index in [2.05, 4.69) is 45.6 Å². The Balaban J connectivity index is 1.80. The van der Waals surface area contributed by atoms with Crippen LogP contribution in [0.4, 0.5) is 0 Å². The first-order valence-corrected chi connectivity index (χ1v) is 7.96. The van der Waals surface area contributed by atoms with Crippen molar-refractivity contribution in [3.05, 3.63) is 53.6 Å². The van der Waals surface area contributed by atoms with Crippen LogP contribution in [0.5, 0.6) is 0 Å². The number of pyridine rings is 1. The zero-order valence-electron chi connectivity index (χ0n) is 14.4. The van der Waals surface area contributed by atoms with Gasteiger partial charge in [0.1, 0.15) is 0 Å². The second-order valence-electron chi connectivity index (χ2n) is 5.78. The molecular weight excluding hydrogens is 304 g/mol. The summed E-state index contributed by atoms with van der Waals surface area (Å²) >= 11 is 0. The van der Waals surface area contributed by atoms with E-state index in [1.54, 1.807) is 23.3 Å². The van der Waals surface area contributed by atoms with Crippen LogP contribution in [0.3, 0.4) is 0 Å². The maximum atomic E-state index is 12.1. The number of allylic oxidation sites excluding steroid dienone is 1. The Hall–Kier alpha value is -2.54. The van der Waals surface area contributed by atoms with Gasteiger partial charge in [-0.1, -0.05) is 16.9 Å². The molecule has 0 aliphatic heterocycles. The standard InChI is InChI=1S/C17H24N6O/c1-4-14(2)12-22(3)9-10-23-13-16(20-21-23)17(24)19-11-15-5-7-18-8-6-15/h4-8,13H,9-12H2,1-3H3,(H,19,24). The third-order valence-corrected chi connectivity index (χ3v) is 3.70. The van der Waals surface area contributed by atoms with Crippen LogP contribution >= 0.6 is 0 Å². The van der Waals surface area contributed by atoms with Crippen LogP contribution in [0.15, 0.2) is 42.4 Å². The van der Waals surface area contributed by atoms with E-state index in [0.717, 1.165) is 18.7 Å². The highest BCUT2D eigenvalue weighted by Crippen LogP contribution is 1.99. The molecule has 0 fully saturated rings. The van der Waals surface area contributed by atoms with Crippen molar-refractivity contribution >= 4 is 5.91 Å². The molecule has 2 aromatic rings. The Morgan fingerprint density at radius 1 is 1.38 bits per heavy atom. The van der Waals surface area contributed by atoms with Gasteiger partial charge in [-0.05, 0) is 38.6 Å². The third-order valence-electron chi connectivity index (χ3n) is 3.70. The van der Waals surface area contributed by atoms with Crippen molar-refractivity contribution in [3.63, 3.8) is 0 Å². The molecule has 24 heavy (non-hydrogen) atoms. The Bertz CT molecular complexity index is 679. The summed E-state index contributed by atoms with van der Waals surface area (Å²) in [6, 6.07) is 3.72. The van der Waals surface area contributed by atoms with Crippen molar-refractivity contribution in [1.82, 2.24) is 30.2 Å². The van der Waals surface area contributed by atoms with E-state index in [9.17, 15) is 4.79 Å². The van der Waals surface area contributed by atoms with Gasteiger partial charge in [0.05, 0.1) is 12.7 Å². The number of aromatic nitrogens is 4. The molecule has 7 nitrogen and oxygen atoms in total. The average molecular weight is 328 g/mol. The van der Waals surface area contributed by atoms with Crippen molar-refractivity contribution in [1.29, 1.82) is 0 Å². The first kappa shape index (κ1) is 17.8. The lowest BCUT2D eigenvalue weighted by molar-refractivity contribution is 0.0946. The summed E-state index contributed by atoms with van der Waals surface area (Å²) in [5.41, 5.74) is 2.65. The van der Waals surface area contributed by atoms with Crippen LogP contribution in [0.2, 0.25) is 0 Å². The Kier molecular flexibility index (Phi) is 6.62. The molecule has 2 rings (SSSR count). The van der Waals surface area contributed by atoms with E-state index in [0.29, 0.717) is 18.8 Å². The third kappa shape index (κ3) is 5.58. The number of nitrogens with zero attached hydrogens (tertiary/aromatic N) is 5. The maximum Gasteiger partial charge on any atom is 0.273 e. The highest BCUT2D eigenvalue weighted by Gasteiger charge is 2.10. The molecule has 0 saturated heterocycles. The second kappa shape index (κ2) is 8.93. The normalized spacial score (nSPS) is 11.8. The summed E-state index contributed by atoms with van der Waals surface area (Å²) in [5, 5.41) is 10.8. The van der Waals surface area contributed by atoms with Crippen LogP contribution in [0.1, 0.15) is 29.9 Å². The zero-order chi connectivity index (χ0) is 17.4. The quantitative estimate of drug-likeness (QED) is 0.743. The van der Waals surface area contributed by atoms with Crippen molar-refractivity contribution in [3.8, 4) is 0 Å². The molecule has 0 radical (unpaired) electrons. The number of likely N-dealkylation sites (N-methyl/N-ethyl adjacent to an activating group) is 1. The van der Waals surface area contributed by atoms with Gasteiger partial charge in [0, 0.05) is 32.0 Å². The van der Waals surface area contributed by atoms with E-state index in [1.807, 2.05) is 19.1 Å². The molecule has 0 aliphatic rings. The summed E-state index contributed by atoms with van der Waals surface area (Å²) in [6.45, 7) is 7.05. The molecule has 2 heterocycles. The minimum Gasteiger partial charge on any atom is -0.347 e. The number of hydrogen-bond acceptors (Lipinski definition) is 5. The molecule has 128 valence electrons. The zero-order valence-corrected chi connectivity index (χ0v) is 14.4. The van der Waals surface area contributed by atoms with Crippen molar-refractivity contribution in [2.75, 3.05) is 20.1 Å². The Morgan fingerprint density at radius 3 is 2.83 bits per heavy atom. The Morgan fingerprint density at radius 2 is 2.12 bits per heavy atom.